The normalized spacial score (nSPS) is 20.1. The summed E-state index contributed by atoms with van der Waals surface area (Å²) in [5.41, 5.74) is 4.26. The second kappa shape index (κ2) is 5.36. The monoisotopic (exact) mass is 331 g/mol. The summed E-state index contributed by atoms with van der Waals surface area (Å²) in [7, 11) is 1.76. The summed E-state index contributed by atoms with van der Waals surface area (Å²) in [6, 6.07) is 4.56. The first kappa shape index (κ1) is 12.2. The summed E-state index contributed by atoms with van der Waals surface area (Å²) in [5, 5.41) is 3.48. The summed E-state index contributed by atoms with van der Waals surface area (Å²) in [4.78, 5) is 0. The maximum Gasteiger partial charge on any atom is 0.123 e. The predicted octanol–water partition coefficient (Wildman–Crippen LogP) is 2.88. The molecule has 3 heteroatoms. The maximum absolute atomic E-state index is 5.45. The van der Waals surface area contributed by atoms with Crippen molar-refractivity contribution in [1.82, 2.24) is 5.32 Å². The van der Waals surface area contributed by atoms with Gasteiger partial charge in [0.1, 0.15) is 5.75 Å². The van der Waals surface area contributed by atoms with Crippen molar-refractivity contribution < 1.29 is 4.74 Å². The first-order valence-corrected chi connectivity index (χ1v) is 7.25. The van der Waals surface area contributed by atoms with E-state index in [1.807, 2.05) is 0 Å². The Morgan fingerprint density at radius 3 is 3.00 bits per heavy atom. The lowest BCUT2D eigenvalue weighted by Crippen LogP contribution is -2.18. The molecule has 0 radical (unpaired) electrons. The molecule has 0 amide bonds. The van der Waals surface area contributed by atoms with Crippen molar-refractivity contribution in [2.75, 3.05) is 20.2 Å². The van der Waals surface area contributed by atoms with E-state index in [0.29, 0.717) is 5.92 Å². The van der Waals surface area contributed by atoms with Crippen molar-refractivity contribution in [1.29, 1.82) is 0 Å². The number of ether oxygens (including phenoxy) is 1. The molecular weight excluding hydrogens is 313 g/mol. The van der Waals surface area contributed by atoms with Crippen LogP contribution in [0.25, 0.3) is 0 Å². The van der Waals surface area contributed by atoms with Gasteiger partial charge >= 0.3 is 0 Å². The number of benzene rings is 1. The van der Waals surface area contributed by atoms with Gasteiger partial charge in [0, 0.05) is 16.5 Å². The Morgan fingerprint density at radius 1 is 1.50 bits per heavy atom. The van der Waals surface area contributed by atoms with E-state index in [0.717, 1.165) is 29.7 Å². The highest BCUT2D eigenvalue weighted by molar-refractivity contribution is 14.1. The zero-order valence-electron chi connectivity index (χ0n) is 9.85. The van der Waals surface area contributed by atoms with Gasteiger partial charge in [-0.2, -0.15) is 0 Å². The molecule has 1 unspecified atom stereocenters. The van der Waals surface area contributed by atoms with Crippen LogP contribution < -0.4 is 10.1 Å². The molecule has 2 rings (SSSR count). The van der Waals surface area contributed by atoms with E-state index in [2.05, 4.69) is 47.0 Å². The van der Waals surface area contributed by atoms with Crippen LogP contribution in [0.5, 0.6) is 5.75 Å². The minimum Gasteiger partial charge on any atom is -0.496 e. The number of methoxy groups -OCH3 is 1. The number of fused-ring (bicyclic) bond motifs is 1. The molecule has 88 valence electrons. The van der Waals surface area contributed by atoms with E-state index in [-0.39, 0.29) is 0 Å². The average molecular weight is 331 g/mol. The fourth-order valence-corrected chi connectivity index (χ4v) is 2.90. The van der Waals surface area contributed by atoms with Gasteiger partial charge in [-0.05, 0) is 36.1 Å². The van der Waals surface area contributed by atoms with Crippen LogP contribution in [0.2, 0.25) is 0 Å². The quantitative estimate of drug-likeness (QED) is 0.665. The Bertz CT molecular complexity index is 378. The molecular formula is C13H18INO. The molecule has 0 spiro atoms. The average Bonchev–Trinajstić information content (AvgIpc) is 2.49. The van der Waals surface area contributed by atoms with E-state index < -0.39 is 0 Å². The number of halogens is 1. The highest BCUT2D eigenvalue weighted by atomic mass is 127. The van der Waals surface area contributed by atoms with Gasteiger partial charge < -0.3 is 10.1 Å². The Labute approximate surface area is 111 Å². The number of rotatable bonds is 2. The maximum atomic E-state index is 5.45. The van der Waals surface area contributed by atoms with Crippen LogP contribution in [-0.2, 0) is 10.8 Å². The third-order valence-corrected chi connectivity index (χ3v) is 4.06. The molecule has 16 heavy (non-hydrogen) atoms. The van der Waals surface area contributed by atoms with Crippen LogP contribution >= 0.6 is 22.6 Å². The smallest absolute Gasteiger partial charge is 0.123 e. The van der Waals surface area contributed by atoms with Crippen molar-refractivity contribution in [2.45, 2.75) is 23.7 Å². The number of alkyl halides is 1. The van der Waals surface area contributed by atoms with Gasteiger partial charge in [-0.3, -0.25) is 0 Å². The van der Waals surface area contributed by atoms with Crippen molar-refractivity contribution in [3.8, 4) is 5.75 Å². The molecule has 0 fully saturated rings. The van der Waals surface area contributed by atoms with Gasteiger partial charge in [-0.15, -0.1) is 0 Å². The summed E-state index contributed by atoms with van der Waals surface area (Å²) in [5.74, 6) is 1.65. The first-order chi connectivity index (χ1) is 7.76. The van der Waals surface area contributed by atoms with Gasteiger partial charge in [0.25, 0.3) is 0 Å². The largest absolute Gasteiger partial charge is 0.496 e. The second-order valence-electron chi connectivity index (χ2n) is 4.35. The van der Waals surface area contributed by atoms with E-state index >= 15 is 0 Å². The Kier molecular flexibility index (Phi) is 4.08. The second-order valence-corrected chi connectivity index (χ2v) is 5.11. The highest BCUT2D eigenvalue weighted by Crippen LogP contribution is 2.31. The van der Waals surface area contributed by atoms with Crippen LogP contribution in [-0.4, -0.2) is 20.2 Å². The van der Waals surface area contributed by atoms with Crippen molar-refractivity contribution in [3.05, 3.63) is 28.8 Å². The molecule has 1 aliphatic heterocycles. The number of hydrogen-bond donors (Lipinski definition) is 1. The summed E-state index contributed by atoms with van der Waals surface area (Å²) in [6.45, 7) is 4.45. The Hall–Kier alpha value is -0.290. The topological polar surface area (TPSA) is 21.3 Å². The third kappa shape index (κ3) is 2.35. The molecule has 0 aliphatic carbocycles. The Morgan fingerprint density at radius 2 is 2.31 bits per heavy atom. The van der Waals surface area contributed by atoms with Crippen molar-refractivity contribution in [3.63, 3.8) is 0 Å². The van der Waals surface area contributed by atoms with Crippen LogP contribution in [0.4, 0.5) is 0 Å². The minimum atomic E-state index is 0.602. The summed E-state index contributed by atoms with van der Waals surface area (Å²) in [6.07, 6.45) is 1.11. The highest BCUT2D eigenvalue weighted by Gasteiger charge is 2.17. The molecule has 1 heterocycles. The predicted molar refractivity (Wildman–Crippen MR) is 75.7 cm³/mol. The van der Waals surface area contributed by atoms with E-state index in [1.165, 1.54) is 16.7 Å². The molecule has 2 nitrogen and oxygen atoms in total. The van der Waals surface area contributed by atoms with E-state index in [4.69, 9.17) is 4.74 Å². The molecule has 0 aromatic heterocycles. The lowest BCUT2D eigenvalue weighted by atomic mass is 9.93. The van der Waals surface area contributed by atoms with Crippen LogP contribution in [0.1, 0.15) is 29.5 Å². The molecule has 1 N–H and O–H groups in total. The van der Waals surface area contributed by atoms with Gasteiger partial charge in [0.15, 0.2) is 0 Å². The number of hydrogen-bond acceptors (Lipinski definition) is 2. The molecule has 1 atom stereocenters. The third-order valence-electron chi connectivity index (χ3n) is 3.24. The molecule has 0 saturated carbocycles. The van der Waals surface area contributed by atoms with Gasteiger partial charge in [-0.1, -0.05) is 35.6 Å². The fraction of sp³-hybridized carbons (Fsp3) is 0.538. The Balaban J connectivity index is 2.47. The van der Waals surface area contributed by atoms with Crippen molar-refractivity contribution >= 4 is 22.6 Å². The zero-order chi connectivity index (χ0) is 11.5. The lowest BCUT2D eigenvalue weighted by Gasteiger charge is -2.16. The van der Waals surface area contributed by atoms with Gasteiger partial charge in [0.2, 0.25) is 0 Å². The molecule has 1 aromatic carbocycles. The van der Waals surface area contributed by atoms with Crippen molar-refractivity contribution in [2.24, 2.45) is 0 Å². The van der Waals surface area contributed by atoms with E-state index in [1.54, 1.807) is 7.11 Å². The van der Waals surface area contributed by atoms with Crippen LogP contribution in [0, 0.1) is 0 Å². The van der Waals surface area contributed by atoms with Gasteiger partial charge in [-0.25, -0.2) is 0 Å². The fourth-order valence-electron chi connectivity index (χ4n) is 2.31. The molecule has 0 bridgehead atoms. The van der Waals surface area contributed by atoms with Crippen LogP contribution in [0.15, 0.2) is 12.1 Å². The zero-order valence-corrected chi connectivity index (χ0v) is 12.0. The summed E-state index contributed by atoms with van der Waals surface area (Å²) >= 11 is 2.40. The summed E-state index contributed by atoms with van der Waals surface area (Å²) < 4.78 is 6.46. The number of nitrogens with one attached hydrogen (secondary N) is 1. The standard InChI is InChI=1S/C13H18INO/c1-9-8-15-4-3-10-6-13(16-2)11(7-14)5-12(9)10/h5-6,9,15H,3-4,7-8H2,1-2H3. The SMILES string of the molecule is COc1cc2c(cc1CI)C(C)CNCC2. The molecule has 1 aliphatic rings. The van der Waals surface area contributed by atoms with Crippen LogP contribution in [0.3, 0.4) is 0 Å². The van der Waals surface area contributed by atoms with E-state index in [9.17, 15) is 0 Å². The van der Waals surface area contributed by atoms with Gasteiger partial charge in [0.05, 0.1) is 7.11 Å². The minimum absolute atomic E-state index is 0.602. The lowest BCUT2D eigenvalue weighted by molar-refractivity contribution is 0.411. The molecule has 0 saturated heterocycles. The first-order valence-electron chi connectivity index (χ1n) is 5.72. The molecule has 1 aromatic rings.